The van der Waals surface area contributed by atoms with Crippen molar-refractivity contribution in [2.45, 2.75) is 76.3 Å². The maximum Gasteiger partial charge on any atom is 0.190 e. The zero-order chi connectivity index (χ0) is 14.0. The molecule has 0 aromatic rings. The van der Waals surface area contributed by atoms with E-state index in [2.05, 4.69) is 0 Å². The summed E-state index contributed by atoms with van der Waals surface area (Å²) in [5.74, 6) is -1.62. The molecule has 0 spiro atoms. The SMILES string of the molecule is CC1(C)O[C@@H]2[C@H](O1)[C@H]1OC(C)(C)OC1O[C@@H]2C(O)O. The van der Waals surface area contributed by atoms with Gasteiger partial charge in [0.05, 0.1) is 0 Å². The van der Waals surface area contributed by atoms with Crippen LogP contribution in [-0.2, 0) is 23.7 Å². The van der Waals surface area contributed by atoms with Crippen molar-refractivity contribution in [3.05, 3.63) is 0 Å². The number of hydrogen-bond donors (Lipinski definition) is 2. The lowest BCUT2D eigenvalue weighted by molar-refractivity contribution is -0.280. The van der Waals surface area contributed by atoms with Crippen LogP contribution in [0.2, 0.25) is 0 Å². The maximum atomic E-state index is 9.44. The largest absolute Gasteiger partial charge is 0.366 e. The van der Waals surface area contributed by atoms with Crippen molar-refractivity contribution in [1.29, 1.82) is 0 Å². The Morgan fingerprint density at radius 3 is 1.95 bits per heavy atom. The highest BCUT2D eigenvalue weighted by molar-refractivity contribution is 5.00. The molecule has 2 N–H and O–H groups in total. The number of rotatable bonds is 1. The fraction of sp³-hybridized carbons (Fsp3) is 1.00. The van der Waals surface area contributed by atoms with Crippen molar-refractivity contribution in [3.63, 3.8) is 0 Å². The molecule has 0 amide bonds. The zero-order valence-electron chi connectivity index (χ0n) is 11.4. The quantitative estimate of drug-likeness (QED) is 0.635. The van der Waals surface area contributed by atoms with Gasteiger partial charge >= 0.3 is 0 Å². The predicted molar refractivity (Wildman–Crippen MR) is 60.7 cm³/mol. The minimum atomic E-state index is -1.67. The van der Waals surface area contributed by atoms with E-state index in [1.54, 1.807) is 27.7 Å². The summed E-state index contributed by atoms with van der Waals surface area (Å²) in [5.41, 5.74) is 0. The van der Waals surface area contributed by atoms with Crippen molar-refractivity contribution < 1.29 is 33.9 Å². The molecular weight excluding hydrogens is 256 g/mol. The first-order chi connectivity index (χ1) is 8.69. The zero-order valence-corrected chi connectivity index (χ0v) is 11.4. The normalized spacial score (nSPS) is 47.2. The van der Waals surface area contributed by atoms with Gasteiger partial charge in [0.15, 0.2) is 24.2 Å². The van der Waals surface area contributed by atoms with E-state index in [-0.39, 0.29) is 0 Å². The smallest absolute Gasteiger partial charge is 0.190 e. The van der Waals surface area contributed by atoms with Crippen LogP contribution < -0.4 is 0 Å². The van der Waals surface area contributed by atoms with Crippen LogP contribution in [-0.4, -0.2) is 58.8 Å². The summed E-state index contributed by atoms with van der Waals surface area (Å²) in [4.78, 5) is 0. The molecule has 7 nitrogen and oxygen atoms in total. The van der Waals surface area contributed by atoms with E-state index >= 15 is 0 Å². The fourth-order valence-electron chi connectivity index (χ4n) is 2.88. The molecule has 5 atom stereocenters. The van der Waals surface area contributed by atoms with Gasteiger partial charge in [0.1, 0.15) is 24.4 Å². The van der Waals surface area contributed by atoms with Gasteiger partial charge in [-0.05, 0) is 27.7 Å². The third-order valence-corrected chi connectivity index (χ3v) is 3.48. The summed E-state index contributed by atoms with van der Waals surface area (Å²) >= 11 is 0. The van der Waals surface area contributed by atoms with E-state index in [9.17, 15) is 10.2 Å². The molecule has 0 radical (unpaired) electrons. The average molecular weight is 276 g/mol. The van der Waals surface area contributed by atoms with E-state index in [4.69, 9.17) is 23.7 Å². The molecule has 0 aromatic carbocycles. The number of aliphatic hydroxyl groups excluding tert-OH is 1. The standard InChI is InChI=1S/C12H20O7/c1-11(2)16-5-6(17-11)8-10(15-7(5)9(13)14)19-12(3,4)18-8/h5-10,13-14H,1-4H3/t5-,6+,7+,8-,10?/m1/s1. The second-order valence-corrected chi connectivity index (χ2v) is 6.05. The Balaban J connectivity index is 1.89. The molecule has 7 heteroatoms. The molecule has 0 saturated carbocycles. The van der Waals surface area contributed by atoms with Crippen molar-refractivity contribution in [3.8, 4) is 0 Å². The molecular formula is C12H20O7. The van der Waals surface area contributed by atoms with Crippen LogP contribution >= 0.6 is 0 Å². The van der Waals surface area contributed by atoms with E-state index in [0.717, 1.165) is 0 Å². The van der Waals surface area contributed by atoms with E-state index in [0.29, 0.717) is 0 Å². The molecule has 1 unspecified atom stereocenters. The highest BCUT2D eigenvalue weighted by Gasteiger charge is 2.61. The molecule has 3 heterocycles. The third-order valence-electron chi connectivity index (χ3n) is 3.48. The molecule has 19 heavy (non-hydrogen) atoms. The van der Waals surface area contributed by atoms with Gasteiger partial charge in [0.2, 0.25) is 0 Å². The average Bonchev–Trinajstić information content (AvgIpc) is 2.70. The number of ether oxygens (including phenoxy) is 5. The summed E-state index contributed by atoms with van der Waals surface area (Å²) in [6.07, 6.45) is -4.79. The lowest BCUT2D eigenvalue weighted by Crippen LogP contribution is -2.58. The summed E-state index contributed by atoms with van der Waals surface area (Å²) in [6.45, 7) is 7.08. The van der Waals surface area contributed by atoms with Crippen LogP contribution in [0.5, 0.6) is 0 Å². The fourth-order valence-corrected chi connectivity index (χ4v) is 2.88. The second-order valence-electron chi connectivity index (χ2n) is 6.05. The molecule has 3 aliphatic rings. The lowest BCUT2D eigenvalue weighted by Gasteiger charge is -2.37. The topological polar surface area (TPSA) is 86.6 Å². The molecule has 110 valence electrons. The Hall–Kier alpha value is -0.280. The van der Waals surface area contributed by atoms with Crippen LogP contribution in [0.15, 0.2) is 0 Å². The minimum absolute atomic E-state index is 0.447. The van der Waals surface area contributed by atoms with Crippen LogP contribution in [0.1, 0.15) is 27.7 Å². The first kappa shape index (κ1) is 13.7. The van der Waals surface area contributed by atoms with Crippen molar-refractivity contribution in [1.82, 2.24) is 0 Å². The van der Waals surface area contributed by atoms with Crippen LogP contribution in [0.4, 0.5) is 0 Å². The Morgan fingerprint density at radius 2 is 1.32 bits per heavy atom. The van der Waals surface area contributed by atoms with E-state index in [1.807, 2.05) is 0 Å². The lowest BCUT2D eigenvalue weighted by atomic mass is 9.99. The number of fused-ring (bicyclic) bond motifs is 3. The highest BCUT2D eigenvalue weighted by atomic mass is 16.9. The Bertz CT molecular complexity index is 367. The Labute approximate surface area is 111 Å². The van der Waals surface area contributed by atoms with Gasteiger partial charge in [0, 0.05) is 0 Å². The summed E-state index contributed by atoms with van der Waals surface area (Å²) in [6, 6.07) is 0. The van der Waals surface area contributed by atoms with Crippen molar-refractivity contribution in [2.24, 2.45) is 0 Å². The van der Waals surface area contributed by atoms with Crippen molar-refractivity contribution >= 4 is 0 Å². The maximum absolute atomic E-state index is 9.44. The van der Waals surface area contributed by atoms with Gasteiger partial charge in [-0.1, -0.05) is 0 Å². The van der Waals surface area contributed by atoms with Gasteiger partial charge in [-0.15, -0.1) is 0 Å². The van der Waals surface area contributed by atoms with Crippen LogP contribution in [0.3, 0.4) is 0 Å². The molecule has 0 aromatic heterocycles. The minimum Gasteiger partial charge on any atom is -0.366 e. The van der Waals surface area contributed by atoms with Crippen LogP contribution in [0.25, 0.3) is 0 Å². The molecule has 3 fully saturated rings. The van der Waals surface area contributed by atoms with Gasteiger partial charge in [-0.3, -0.25) is 0 Å². The van der Waals surface area contributed by atoms with Crippen LogP contribution in [0, 0.1) is 0 Å². The number of aliphatic hydroxyl groups is 2. The predicted octanol–water partition coefficient (Wildman–Crippen LogP) is -0.306. The number of hydrogen-bond acceptors (Lipinski definition) is 7. The Morgan fingerprint density at radius 1 is 0.789 bits per heavy atom. The highest BCUT2D eigenvalue weighted by Crippen LogP contribution is 2.44. The summed E-state index contributed by atoms with van der Waals surface area (Å²) in [7, 11) is 0. The molecule has 3 saturated heterocycles. The second kappa shape index (κ2) is 4.11. The Kier molecular flexibility index (Phi) is 2.96. The van der Waals surface area contributed by atoms with Gasteiger partial charge in [-0.2, -0.15) is 0 Å². The third kappa shape index (κ3) is 2.29. The monoisotopic (exact) mass is 276 g/mol. The van der Waals surface area contributed by atoms with Crippen molar-refractivity contribution in [2.75, 3.05) is 0 Å². The molecule has 0 bridgehead atoms. The van der Waals surface area contributed by atoms with Gasteiger partial charge < -0.3 is 33.9 Å². The van der Waals surface area contributed by atoms with E-state index < -0.39 is 48.6 Å². The molecule has 0 aliphatic carbocycles. The van der Waals surface area contributed by atoms with E-state index in [1.165, 1.54) is 0 Å². The first-order valence-corrected chi connectivity index (χ1v) is 6.41. The molecule has 3 rings (SSSR count). The van der Waals surface area contributed by atoms with Gasteiger partial charge in [-0.25, -0.2) is 0 Å². The molecule has 3 aliphatic heterocycles. The summed E-state index contributed by atoms with van der Waals surface area (Å²) < 4.78 is 28.5. The first-order valence-electron chi connectivity index (χ1n) is 6.41. The summed E-state index contributed by atoms with van der Waals surface area (Å²) in [5, 5.41) is 18.9. The van der Waals surface area contributed by atoms with Gasteiger partial charge in [0.25, 0.3) is 0 Å².